The van der Waals surface area contributed by atoms with Crippen LogP contribution in [-0.2, 0) is 38.7 Å². The second-order valence-corrected chi connectivity index (χ2v) is 20.4. The van der Waals surface area contributed by atoms with Crippen molar-refractivity contribution >= 4 is 22.1 Å². The minimum absolute atomic E-state index is 0.172. The summed E-state index contributed by atoms with van der Waals surface area (Å²) in [5, 5.41) is 31.0. The van der Waals surface area contributed by atoms with Crippen LogP contribution >= 0.6 is 0 Å². The Balaban J connectivity index is 2.29. The molecule has 2 unspecified atom stereocenters. The Morgan fingerprint density at radius 1 is 0.469 bits per heavy atom. The van der Waals surface area contributed by atoms with E-state index in [1.54, 1.807) is 0 Å². The van der Waals surface area contributed by atoms with Gasteiger partial charge in [-0.25, -0.2) is 0 Å². The molecule has 380 valence electrons. The SMILES string of the molecule is CCCCCCCCCCCCCCCCCCCCCCCCCC(=O)OC[C@H](CO[C@H]1O[C@H](CS(=O)(=O)O)[C@@H](O)C(O)C1O)OC(=O)CCCCCCCCCCCCCCC. The minimum atomic E-state index is -4.60. The number of aliphatic hydroxyl groups is 3. The highest BCUT2D eigenvalue weighted by Gasteiger charge is 2.46. The van der Waals surface area contributed by atoms with Gasteiger partial charge in [-0.2, -0.15) is 8.42 Å². The standard InChI is InChI=1S/C51H98O12S/c1-3-5-7-9-11-13-15-17-18-19-20-21-22-23-24-25-26-28-29-31-33-35-37-39-46(52)60-41-44(42-61-51-50(56)49(55)48(54)45(63-51)43-64(57,58)59)62-47(53)40-38-36-34-32-30-27-16-14-12-10-8-6-4-2/h44-45,48-51,54-56H,3-43H2,1-2H3,(H,57,58,59)/t44-,45-,48-,49?,50?,51+/m1/s1. The molecule has 0 aromatic rings. The maximum atomic E-state index is 12.8. The maximum Gasteiger partial charge on any atom is 0.306 e. The molecule has 0 aliphatic carbocycles. The number of unbranched alkanes of at least 4 members (excludes halogenated alkanes) is 34. The fraction of sp³-hybridized carbons (Fsp3) is 0.961. The Morgan fingerprint density at radius 3 is 1.14 bits per heavy atom. The zero-order valence-corrected chi connectivity index (χ0v) is 41.7. The number of hydrogen-bond donors (Lipinski definition) is 4. The van der Waals surface area contributed by atoms with E-state index in [1.165, 1.54) is 180 Å². The quantitative estimate of drug-likeness (QED) is 0.0257. The molecule has 13 heteroatoms. The molecule has 1 saturated heterocycles. The lowest BCUT2D eigenvalue weighted by Gasteiger charge is -2.40. The Labute approximate surface area is 391 Å². The molecule has 64 heavy (non-hydrogen) atoms. The summed E-state index contributed by atoms with van der Waals surface area (Å²) in [6.45, 7) is 3.81. The van der Waals surface area contributed by atoms with Gasteiger partial charge in [0.25, 0.3) is 10.1 Å². The Hall–Kier alpha value is -1.35. The highest BCUT2D eigenvalue weighted by molar-refractivity contribution is 7.85. The van der Waals surface area contributed by atoms with E-state index >= 15 is 0 Å². The molecule has 4 N–H and O–H groups in total. The molecule has 1 fully saturated rings. The van der Waals surface area contributed by atoms with Gasteiger partial charge in [0, 0.05) is 12.8 Å². The first kappa shape index (κ1) is 60.7. The van der Waals surface area contributed by atoms with E-state index in [9.17, 15) is 37.9 Å². The van der Waals surface area contributed by atoms with E-state index in [0.29, 0.717) is 12.8 Å². The van der Waals surface area contributed by atoms with Gasteiger partial charge in [-0.3, -0.25) is 14.1 Å². The van der Waals surface area contributed by atoms with Crippen LogP contribution in [0.3, 0.4) is 0 Å². The van der Waals surface area contributed by atoms with Gasteiger partial charge < -0.3 is 34.3 Å². The van der Waals surface area contributed by atoms with E-state index < -0.39 is 71.2 Å². The Morgan fingerprint density at radius 2 is 0.797 bits per heavy atom. The summed E-state index contributed by atoms with van der Waals surface area (Å²) in [6, 6.07) is 0. The molecular formula is C51H98O12S. The van der Waals surface area contributed by atoms with E-state index in [0.717, 1.165) is 38.5 Å². The van der Waals surface area contributed by atoms with Crippen LogP contribution in [0.2, 0.25) is 0 Å². The van der Waals surface area contributed by atoms with Crippen LogP contribution in [0.4, 0.5) is 0 Å². The maximum absolute atomic E-state index is 12.8. The van der Waals surface area contributed by atoms with Crippen molar-refractivity contribution in [1.82, 2.24) is 0 Å². The molecule has 6 atom stereocenters. The van der Waals surface area contributed by atoms with Gasteiger partial charge in [-0.05, 0) is 12.8 Å². The van der Waals surface area contributed by atoms with Gasteiger partial charge in [-0.15, -0.1) is 0 Å². The predicted molar refractivity (Wildman–Crippen MR) is 257 cm³/mol. The number of esters is 2. The van der Waals surface area contributed by atoms with Gasteiger partial charge in [-0.1, -0.05) is 232 Å². The molecule has 0 aromatic heterocycles. The fourth-order valence-corrected chi connectivity index (χ4v) is 9.25. The van der Waals surface area contributed by atoms with Crippen molar-refractivity contribution in [3.63, 3.8) is 0 Å². The number of hydrogen-bond acceptors (Lipinski definition) is 11. The second kappa shape index (κ2) is 41.8. The molecule has 0 amide bonds. The van der Waals surface area contributed by atoms with Gasteiger partial charge in [0.2, 0.25) is 0 Å². The molecule has 1 heterocycles. The molecule has 0 saturated carbocycles. The molecule has 0 spiro atoms. The van der Waals surface area contributed by atoms with Gasteiger partial charge in [0.1, 0.15) is 36.8 Å². The first-order chi connectivity index (χ1) is 31.0. The lowest BCUT2D eigenvalue weighted by atomic mass is 10.00. The van der Waals surface area contributed by atoms with Crippen LogP contribution in [0.5, 0.6) is 0 Å². The topological polar surface area (TPSA) is 186 Å². The fourth-order valence-electron chi connectivity index (χ4n) is 8.56. The Kier molecular flexibility index (Phi) is 39.6. The third kappa shape index (κ3) is 35.8. The van der Waals surface area contributed by atoms with Crippen molar-refractivity contribution < 1.29 is 56.8 Å². The van der Waals surface area contributed by atoms with Crippen LogP contribution in [0.15, 0.2) is 0 Å². The van der Waals surface area contributed by atoms with Gasteiger partial charge in [0.05, 0.1) is 6.61 Å². The van der Waals surface area contributed by atoms with E-state index in [4.69, 9.17) is 18.9 Å². The van der Waals surface area contributed by atoms with Crippen molar-refractivity contribution in [1.29, 1.82) is 0 Å². The smallest absolute Gasteiger partial charge is 0.306 e. The summed E-state index contributed by atoms with van der Waals surface area (Å²) in [5.74, 6) is -1.96. The van der Waals surface area contributed by atoms with Crippen molar-refractivity contribution in [2.45, 2.75) is 295 Å². The van der Waals surface area contributed by atoms with Crippen LogP contribution < -0.4 is 0 Å². The largest absolute Gasteiger partial charge is 0.462 e. The average molecular weight is 935 g/mol. The molecular weight excluding hydrogens is 837 g/mol. The first-order valence-corrected chi connectivity index (χ1v) is 28.2. The molecule has 1 aliphatic rings. The van der Waals surface area contributed by atoms with E-state index in [2.05, 4.69) is 13.8 Å². The van der Waals surface area contributed by atoms with E-state index in [1.807, 2.05) is 0 Å². The van der Waals surface area contributed by atoms with Crippen molar-refractivity contribution in [2.75, 3.05) is 19.0 Å². The minimum Gasteiger partial charge on any atom is -0.462 e. The summed E-state index contributed by atoms with van der Waals surface area (Å²) in [6.07, 6.45) is 35.8. The third-order valence-electron chi connectivity index (χ3n) is 12.7. The van der Waals surface area contributed by atoms with Crippen LogP contribution in [-0.4, -0.2) is 96.0 Å². The summed E-state index contributed by atoms with van der Waals surface area (Å²) >= 11 is 0. The number of carbonyl (C=O) groups is 2. The number of carbonyl (C=O) groups excluding carboxylic acids is 2. The van der Waals surface area contributed by atoms with E-state index in [-0.39, 0.29) is 19.4 Å². The zero-order valence-electron chi connectivity index (χ0n) is 40.9. The normalized spacial score (nSPS) is 19.5. The molecule has 12 nitrogen and oxygen atoms in total. The summed E-state index contributed by atoms with van der Waals surface area (Å²) in [4.78, 5) is 25.5. The lowest BCUT2D eigenvalue weighted by molar-refractivity contribution is -0.297. The highest BCUT2D eigenvalue weighted by atomic mass is 32.2. The van der Waals surface area contributed by atoms with Gasteiger partial charge >= 0.3 is 11.9 Å². The molecule has 0 radical (unpaired) electrons. The summed E-state index contributed by atoms with van der Waals surface area (Å²) in [5.41, 5.74) is 0. The number of rotatable bonds is 46. The molecule has 1 aliphatic heterocycles. The Bertz CT molecular complexity index is 1190. The van der Waals surface area contributed by atoms with Crippen molar-refractivity contribution in [3.8, 4) is 0 Å². The van der Waals surface area contributed by atoms with Crippen LogP contribution in [0, 0.1) is 0 Å². The predicted octanol–water partition coefficient (Wildman–Crippen LogP) is 12.0. The molecule has 1 rings (SSSR count). The molecule has 0 aromatic carbocycles. The summed E-state index contributed by atoms with van der Waals surface area (Å²) < 4.78 is 54.2. The first-order valence-electron chi connectivity index (χ1n) is 26.6. The lowest BCUT2D eigenvalue weighted by Crippen LogP contribution is -2.60. The number of aliphatic hydroxyl groups excluding tert-OH is 3. The van der Waals surface area contributed by atoms with Crippen LogP contribution in [0.1, 0.15) is 258 Å². The third-order valence-corrected chi connectivity index (χ3v) is 13.4. The van der Waals surface area contributed by atoms with Gasteiger partial charge in [0.15, 0.2) is 12.4 Å². The average Bonchev–Trinajstić information content (AvgIpc) is 3.26. The van der Waals surface area contributed by atoms with Crippen molar-refractivity contribution in [2.24, 2.45) is 0 Å². The zero-order chi connectivity index (χ0) is 46.9. The second-order valence-electron chi connectivity index (χ2n) is 18.9. The highest BCUT2D eigenvalue weighted by Crippen LogP contribution is 2.24. The monoisotopic (exact) mass is 935 g/mol. The molecule has 0 bridgehead atoms. The number of ether oxygens (including phenoxy) is 4. The van der Waals surface area contributed by atoms with Crippen molar-refractivity contribution in [3.05, 3.63) is 0 Å². The van der Waals surface area contributed by atoms with Crippen LogP contribution in [0.25, 0.3) is 0 Å². The summed E-state index contributed by atoms with van der Waals surface area (Å²) in [7, 11) is -4.60.